The van der Waals surface area contributed by atoms with Gasteiger partial charge in [0.1, 0.15) is 5.75 Å². The average Bonchev–Trinajstić information content (AvgIpc) is 2.66. The van der Waals surface area contributed by atoms with Crippen molar-refractivity contribution in [2.75, 3.05) is 6.61 Å². The number of ether oxygens (including phenoxy) is 2. The summed E-state index contributed by atoms with van der Waals surface area (Å²) >= 11 is 0. The molecule has 0 saturated heterocycles. The number of benzene rings is 3. The van der Waals surface area contributed by atoms with Gasteiger partial charge in [-0.1, -0.05) is 42.5 Å². The van der Waals surface area contributed by atoms with Gasteiger partial charge in [-0.05, 0) is 40.6 Å². The summed E-state index contributed by atoms with van der Waals surface area (Å²) in [5.74, 6) is -0.989. The monoisotopic (exact) mass is 370 g/mol. The maximum atomic E-state index is 12.1. The van der Waals surface area contributed by atoms with Crippen LogP contribution in [-0.2, 0) is 16.0 Å². The van der Waals surface area contributed by atoms with Gasteiger partial charge in [0.15, 0.2) is 12.4 Å². The van der Waals surface area contributed by atoms with E-state index in [4.69, 9.17) is 4.74 Å². The van der Waals surface area contributed by atoms with Crippen molar-refractivity contribution in [3.05, 3.63) is 77.9 Å². The minimum absolute atomic E-state index is 0.0468. The number of alkyl halides is 2. The first-order valence-corrected chi connectivity index (χ1v) is 8.23. The SMILES string of the molecule is O=C(Cc1cccc2ccccc12)OCC(=O)c1ccc(OC(F)F)cc1. The lowest BCUT2D eigenvalue weighted by Crippen LogP contribution is -2.15. The quantitative estimate of drug-likeness (QED) is 0.457. The molecule has 0 aromatic heterocycles. The standard InChI is InChI=1S/C21H16F2O4/c22-21(23)27-17-10-8-15(9-11-17)19(24)13-26-20(25)12-16-6-3-5-14-4-1-2-7-18(14)16/h1-11,21H,12-13H2. The third-order valence-electron chi connectivity index (χ3n) is 3.98. The summed E-state index contributed by atoms with van der Waals surface area (Å²) in [6, 6.07) is 18.6. The first-order chi connectivity index (χ1) is 13.0. The number of hydrogen-bond donors (Lipinski definition) is 0. The summed E-state index contributed by atoms with van der Waals surface area (Å²) in [7, 11) is 0. The molecule has 0 spiro atoms. The Labute approximate surface area is 154 Å². The van der Waals surface area contributed by atoms with Crippen LogP contribution in [0.3, 0.4) is 0 Å². The van der Waals surface area contributed by atoms with E-state index in [0.717, 1.165) is 16.3 Å². The second-order valence-electron chi connectivity index (χ2n) is 5.80. The van der Waals surface area contributed by atoms with E-state index in [1.165, 1.54) is 24.3 Å². The fourth-order valence-electron chi connectivity index (χ4n) is 2.70. The van der Waals surface area contributed by atoms with Crippen LogP contribution < -0.4 is 4.74 Å². The molecule has 0 amide bonds. The van der Waals surface area contributed by atoms with Gasteiger partial charge in [-0.2, -0.15) is 8.78 Å². The molecule has 0 aliphatic heterocycles. The number of halogens is 2. The first kappa shape index (κ1) is 18.5. The van der Waals surface area contributed by atoms with Crippen molar-refractivity contribution in [3.8, 4) is 5.75 Å². The Morgan fingerprint density at radius 2 is 1.59 bits per heavy atom. The van der Waals surface area contributed by atoms with E-state index in [-0.39, 0.29) is 17.7 Å². The summed E-state index contributed by atoms with van der Waals surface area (Å²) in [6.45, 7) is -3.35. The van der Waals surface area contributed by atoms with E-state index in [2.05, 4.69) is 4.74 Å². The zero-order chi connectivity index (χ0) is 19.2. The van der Waals surface area contributed by atoms with E-state index in [1.54, 1.807) is 0 Å². The summed E-state index contributed by atoms with van der Waals surface area (Å²) in [5.41, 5.74) is 1.06. The Balaban J connectivity index is 1.57. The minimum Gasteiger partial charge on any atom is -0.457 e. The van der Waals surface area contributed by atoms with Crippen molar-refractivity contribution < 1.29 is 27.8 Å². The highest BCUT2D eigenvalue weighted by atomic mass is 19.3. The Morgan fingerprint density at radius 3 is 2.33 bits per heavy atom. The Kier molecular flexibility index (Phi) is 5.76. The number of carbonyl (C=O) groups excluding carboxylic acids is 2. The highest BCUT2D eigenvalue weighted by Crippen LogP contribution is 2.19. The van der Waals surface area contributed by atoms with Crippen molar-refractivity contribution in [1.29, 1.82) is 0 Å². The number of Topliss-reactive ketones (excluding diaryl/α,β-unsaturated/α-hetero) is 1. The largest absolute Gasteiger partial charge is 0.457 e. The van der Waals surface area contributed by atoms with E-state index in [0.29, 0.717) is 0 Å². The lowest BCUT2D eigenvalue weighted by atomic mass is 10.0. The molecule has 0 aliphatic carbocycles. The van der Waals surface area contributed by atoms with Gasteiger partial charge in [-0.25, -0.2) is 0 Å². The van der Waals surface area contributed by atoms with Gasteiger partial charge in [0.2, 0.25) is 0 Å². The lowest BCUT2D eigenvalue weighted by molar-refractivity contribution is -0.141. The molecular weight excluding hydrogens is 354 g/mol. The molecule has 27 heavy (non-hydrogen) atoms. The normalized spacial score (nSPS) is 10.8. The molecule has 0 heterocycles. The predicted molar refractivity (Wildman–Crippen MR) is 96.0 cm³/mol. The number of rotatable bonds is 7. The molecule has 0 atom stereocenters. The van der Waals surface area contributed by atoms with Gasteiger partial charge in [-0.3, -0.25) is 9.59 Å². The second-order valence-corrected chi connectivity index (χ2v) is 5.80. The summed E-state index contributed by atoms with van der Waals surface area (Å²) < 4.78 is 33.5. The minimum atomic E-state index is -2.93. The van der Waals surface area contributed by atoms with Gasteiger partial charge in [-0.15, -0.1) is 0 Å². The topological polar surface area (TPSA) is 52.6 Å². The van der Waals surface area contributed by atoms with Gasteiger partial charge in [0, 0.05) is 5.56 Å². The zero-order valence-electron chi connectivity index (χ0n) is 14.2. The van der Waals surface area contributed by atoms with E-state index in [1.807, 2.05) is 42.5 Å². The molecule has 0 aliphatic rings. The predicted octanol–water partition coefficient (Wildman–Crippen LogP) is 4.41. The third-order valence-corrected chi connectivity index (χ3v) is 3.98. The molecule has 0 bridgehead atoms. The molecule has 4 nitrogen and oxygen atoms in total. The van der Waals surface area contributed by atoms with Crippen molar-refractivity contribution >= 4 is 22.5 Å². The first-order valence-electron chi connectivity index (χ1n) is 8.23. The smallest absolute Gasteiger partial charge is 0.387 e. The van der Waals surface area contributed by atoms with E-state index < -0.39 is 25.0 Å². The van der Waals surface area contributed by atoms with Crippen LogP contribution in [-0.4, -0.2) is 25.0 Å². The zero-order valence-corrected chi connectivity index (χ0v) is 14.2. The molecule has 0 N–H and O–H groups in total. The Morgan fingerprint density at radius 1 is 0.889 bits per heavy atom. The molecule has 0 radical (unpaired) electrons. The van der Waals surface area contributed by atoms with Crippen LogP contribution in [0.5, 0.6) is 5.75 Å². The lowest BCUT2D eigenvalue weighted by Gasteiger charge is -2.08. The maximum absolute atomic E-state index is 12.1. The summed E-state index contributed by atoms with van der Waals surface area (Å²) in [5, 5.41) is 1.97. The molecule has 3 aromatic rings. The average molecular weight is 370 g/mol. The number of esters is 1. The van der Waals surface area contributed by atoms with E-state index >= 15 is 0 Å². The van der Waals surface area contributed by atoms with Crippen LogP contribution in [0.1, 0.15) is 15.9 Å². The van der Waals surface area contributed by atoms with Crippen LogP contribution in [0.4, 0.5) is 8.78 Å². The number of fused-ring (bicyclic) bond motifs is 1. The summed E-state index contributed by atoms with van der Waals surface area (Å²) in [4.78, 5) is 24.2. The van der Waals surface area contributed by atoms with Gasteiger partial charge >= 0.3 is 12.6 Å². The molecule has 6 heteroatoms. The van der Waals surface area contributed by atoms with Gasteiger partial charge < -0.3 is 9.47 Å². The molecule has 0 saturated carbocycles. The van der Waals surface area contributed by atoms with E-state index in [9.17, 15) is 18.4 Å². The van der Waals surface area contributed by atoms with Crippen molar-refractivity contribution in [1.82, 2.24) is 0 Å². The molecule has 0 fully saturated rings. The highest BCUT2D eigenvalue weighted by Gasteiger charge is 2.13. The Hall–Kier alpha value is -3.28. The van der Waals surface area contributed by atoms with Crippen molar-refractivity contribution in [2.45, 2.75) is 13.0 Å². The summed E-state index contributed by atoms with van der Waals surface area (Å²) in [6.07, 6.45) is 0.0514. The second kappa shape index (κ2) is 8.40. The van der Waals surface area contributed by atoms with Gasteiger partial charge in [0.05, 0.1) is 6.42 Å². The van der Waals surface area contributed by atoms with Crippen LogP contribution in [0, 0.1) is 0 Å². The fourth-order valence-corrected chi connectivity index (χ4v) is 2.70. The van der Waals surface area contributed by atoms with Crippen LogP contribution in [0.15, 0.2) is 66.7 Å². The Bertz CT molecular complexity index is 947. The van der Waals surface area contributed by atoms with Crippen LogP contribution in [0.2, 0.25) is 0 Å². The molecule has 3 rings (SSSR count). The van der Waals surface area contributed by atoms with Crippen molar-refractivity contribution in [3.63, 3.8) is 0 Å². The third kappa shape index (κ3) is 4.88. The number of hydrogen-bond acceptors (Lipinski definition) is 4. The molecular formula is C21H16F2O4. The highest BCUT2D eigenvalue weighted by molar-refractivity contribution is 5.98. The van der Waals surface area contributed by atoms with Gasteiger partial charge in [0.25, 0.3) is 0 Å². The fraction of sp³-hybridized carbons (Fsp3) is 0.143. The number of carbonyl (C=O) groups is 2. The molecule has 3 aromatic carbocycles. The molecule has 0 unspecified atom stereocenters. The maximum Gasteiger partial charge on any atom is 0.387 e. The van der Waals surface area contributed by atoms with Crippen LogP contribution >= 0.6 is 0 Å². The van der Waals surface area contributed by atoms with Crippen molar-refractivity contribution in [2.24, 2.45) is 0 Å². The molecule has 138 valence electrons. The van der Waals surface area contributed by atoms with Crippen LogP contribution in [0.25, 0.3) is 10.8 Å². The number of ketones is 1.